The van der Waals surface area contributed by atoms with Crippen molar-refractivity contribution in [3.63, 3.8) is 0 Å². The summed E-state index contributed by atoms with van der Waals surface area (Å²) in [5, 5.41) is 0.0906. The first-order valence-corrected chi connectivity index (χ1v) is 2.65. The van der Waals surface area contributed by atoms with Gasteiger partial charge in [0.15, 0.2) is 0 Å². The van der Waals surface area contributed by atoms with Gasteiger partial charge in [0, 0.05) is 12.2 Å². The Morgan fingerprint density at radius 3 is 3.22 bits per heavy atom. The van der Waals surface area contributed by atoms with E-state index in [4.69, 9.17) is 17.7 Å². The van der Waals surface area contributed by atoms with Gasteiger partial charge in [-0.25, -0.2) is 4.98 Å². The average Bonchev–Trinajstić information content (AvgIpc) is 1.94. The van der Waals surface area contributed by atoms with Crippen LogP contribution >= 0.6 is 11.6 Å². The zero-order chi connectivity index (χ0) is 7.56. The number of hydrogen-bond donors (Lipinski definition) is 0. The Labute approximate surface area is 59.1 Å². The highest BCUT2D eigenvalue weighted by Crippen LogP contribution is 2.06. The van der Waals surface area contributed by atoms with Crippen LogP contribution in [-0.2, 0) is 0 Å². The lowest BCUT2D eigenvalue weighted by Gasteiger charge is -1.94. The van der Waals surface area contributed by atoms with Gasteiger partial charge in [-0.3, -0.25) is 0 Å². The van der Waals surface area contributed by atoms with Crippen molar-refractivity contribution < 1.29 is 6.11 Å². The number of ether oxygens (including phenoxy) is 1. The van der Waals surface area contributed by atoms with Gasteiger partial charge >= 0.3 is 0 Å². The fraction of sp³-hybridized carbons (Fsp3) is 0.200. The summed E-state index contributed by atoms with van der Waals surface area (Å²) in [6.45, 7) is 0. The molecular formula is C5H5ClN2O. The summed E-state index contributed by atoms with van der Waals surface area (Å²) in [5.41, 5.74) is 0. The van der Waals surface area contributed by atoms with Gasteiger partial charge in [-0.1, -0.05) is 0 Å². The van der Waals surface area contributed by atoms with Crippen LogP contribution in [0.2, 0.25) is 5.28 Å². The van der Waals surface area contributed by atoms with Gasteiger partial charge in [-0.15, -0.1) is 0 Å². The van der Waals surface area contributed by atoms with Gasteiger partial charge in [0.1, 0.15) is 0 Å². The van der Waals surface area contributed by atoms with E-state index in [1.165, 1.54) is 13.3 Å². The summed E-state index contributed by atoms with van der Waals surface area (Å²) in [4.78, 5) is 7.21. The fourth-order valence-electron chi connectivity index (χ4n) is 0.390. The first kappa shape index (κ1) is 4.99. The summed E-state index contributed by atoms with van der Waals surface area (Å²) in [7, 11) is 1.43. The maximum Gasteiger partial charge on any atom is 0.225 e. The Morgan fingerprint density at radius 2 is 2.67 bits per heavy atom. The van der Waals surface area contributed by atoms with E-state index in [1.54, 1.807) is 0 Å². The molecule has 0 bridgehead atoms. The van der Waals surface area contributed by atoms with Crippen LogP contribution < -0.4 is 4.74 Å². The summed E-state index contributed by atoms with van der Waals surface area (Å²) < 4.78 is 11.9. The molecule has 1 aromatic heterocycles. The molecule has 1 aromatic rings. The maximum atomic E-state index is 7.16. The number of hydrogen-bond acceptors (Lipinski definition) is 3. The molecule has 9 heavy (non-hydrogen) atoms. The lowest BCUT2D eigenvalue weighted by Crippen LogP contribution is -1.87. The molecule has 4 heteroatoms. The van der Waals surface area contributed by atoms with Crippen molar-refractivity contribution in [1.29, 1.82) is 0 Å². The summed E-state index contributed by atoms with van der Waals surface area (Å²) in [6.07, 6.45) is 1.29. The molecule has 0 aromatic carbocycles. The fourth-order valence-corrected chi connectivity index (χ4v) is 0.516. The zero-order valence-corrected chi connectivity index (χ0v) is 5.51. The molecule has 0 aliphatic rings. The monoisotopic (exact) mass is 145 g/mol. The van der Waals surface area contributed by atoms with E-state index in [2.05, 4.69) is 9.97 Å². The quantitative estimate of drug-likeness (QED) is 0.556. The first-order chi connectivity index (χ1) is 4.74. The van der Waals surface area contributed by atoms with Crippen LogP contribution in [0, 0.1) is 0 Å². The highest BCUT2D eigenvalue weighted by atomic mass is 35.5. The van der Waals surface area contributed by atoms with Gasteiger partial charge in [0.25, 0.3) is 0 Å². The van der Waals surface area contributed by atoms with Crippen LogP contribution in [0.4, 0.5) is 0 Å². The molecule has 0 saturated heterocycles. The van der Waals surface area contributed by atoms with Crippen LogP contribution in [0.15, 0.2) is 12.2 Å². The van der Waals surface area contributed by atoms with Gasteiger partial charge in [0.05, 0.1) is 8.48 Å². The van der Waals surface area contributed by atoms with Crippen LogP contribution in [0.25, 0.3) is 0 Å². The smallest absolute Gasteiger partial charge is 0.225 e. The van der Waals surface area contributed by atoms with E-state index >= 15 is 0 Å². The van der Waals surface area contributed by atoms with Crippen molar-refractivity contribution in [3.05, 3.63) is 17.5 Å². The molecule has 1 rings (SSSR count). The van der Waals surface area contributed by atoms with Crippen molar-refractivity contribution in [3.8, 4) is 5.88 Å². The van der Waals surface area contributed by atoms with E-state index in [1.807, 2.05) is 0 Å². The molecule has 0 atom stereocenters. The highest BCUT2D eigenvalue weighted by Gasteiger charge is 1.91. The Hall–Kier alpha value is -0.830. The summed E-state index contributed by atoms with van der Waals surface area (Å²) >= 11 is 5.41. The SMILES string of the molecule is [2H]c1cnc(Cl)nc1OC. The largest absolute Gasteiger partial charge is 0.481 e. The van der Waals surface area contributed by atoms with E-state index in [0.717, 1.165) is 0 Å². The van der Waals surface area contributed by atoms with E-state index in [0.29, 0.717) is 0 Å². The Bertz CT molecular complexity index is 243. The Balaban J connectivity index is 3.09. The third kappa shape index (κ3) is 1.54. The second kappa shape index (κ2) is 2.64. The van der Waals surface area contributed by atoms with E-state index in [9.17, 15) is 0 Å². The number of rotatable bonds is 1. The first-order valence-electron chi connectivity index (χ1n) is 2.77. The van der Waals surface area contributed by atoms with Crippen LogP contribution in [-0.4, -0.2) is 17.1 Å². The van der Waals surface area contributed by atoms with Crippen molar-refractivity contribution in [1.82, 2.24) is 9.97 Å². The van der Waals surface area contributed by atoms with E-state index in [-0.39, 0.29) is 17.2 Å². The predicted octanol–water partition coefficient (Wildman–Crippen LogP) is 1.14. The van der Waals surface area contributed by atoms with Crippen molar-refractivity contribution in [2.45, 2.75) is 0 Å². The highest BCUT2D eigenvalue weighted by molar-refractivity contribution is 6.28. The number of halogens is 1. The lowest BCUT2D eigenvalue weighted by molar-refractivity contribution is 0.397. The minimum atomic E-state index is 0.0906. The summed E-state index contributed by atoms with van der Waals surface area (Å²) in [6, 6.07) is 0.131. The molecule has 0 radical (unpaired) electrons. The average molecular weight is 146 g/mol. The van der Waals surface area contributed by atoms with Crippen LogP contribution in [0.5, 0.6) is 5.88 Å². The molecule has 0 spiro atoms. The van der Waals surface area contributed by atoms with Gasteiger partial charge < -0.3 is 4.74 Å². The molecule has 0 amide bonds. The lowest BCUT2D eigenvalue weighted by atomic mass is 10.6. The number of aromatic nitrogens is 2. The second-order valence-electron chi connectivity index (χ2n) is 1.29. The minimum Gasteiger partial charge on any atom is -0.481 e. The molecule has 0 fully saturated rings. The zero-order valence-electron chi connectivity index (χ0n) is 5.76. The van der Waals surface area contributed by atoms with Crippen molar-refractivity contribution >= 4 is 11.6 Å². The standard InChI is InChI=1S/C5H5ClN2O/c1-9-4-2-3-7-5(6)8-4/h2-3H,1H3/i2D. The Morgan fingerprint density at radius 1 is 1.89 bits per heavy atom. The minimum absolute atomic E-state index is 0.0906. The molecule has 48 valence electrons. The number of methoxy groups -OCH3 is 1. The van der Waals surface area contributed by atoms with Crippen LogP contribution in [0.3, 0.4) is 0 Å². The topological polar surface area (TPSA) is 35.0 Å². The Kier molecular flexibility index (Phi) is 1.46. The number of nitrogens with zero attached hydrogens (tertiary/aromatic N) is 2. The van der Waals surface area contributed by atoms with Crippen molar-refractivity contribution in [2.24, 2.45) is 0 Å². The van der Waals surface area contributed by atoms with Gasteiger partial charge in [-0.05, 0) is 11.6 Å². The molecular weight excluding hydrogens is 140 g/mol. The third-order valence-corrected chi connectivity index (χ3v) is 0.928. The predicted molar refractivity (Wildman–Crippen MR) is 33.6 cm³/mol. The molecule has 0 N–H and O–H groups in total. The van der Waals surface area contributed by atoms with Gasteiger partial charge in [0.2, 0.25) is 11.2 Å². The van der Waals surface area contributed by atoms with Gasteiger partial charge in [-0.2, -0.15) is 4.98 Å². The molecule has 3 nitrogen and oxygen atoms in total. The maximum absolute atomic E-state index is 7.16. The molecule has 0 aliphatic heterocycles. The second-order valence-corrected chi connectivity index (χ2v) is 1.63. The van der Waals surface area contributed by atoms with Crippen molar-refractivity contribution in [2.75, 3.05) is 7.11 Å². The summed E-state index contributed by atoms with van der Waals surface area (Å²) in [5.74, 6) is 0.194. The third-order valence-electron chi connectivity index (χ3n) is 0.746. The molecule has 1 heterocycles. The van der Waals surface area contributed by atoms with E-state index < -0.39 is 0 Å². The molecule has 0 aliphatic carbocycles. The molecule has 0 saturated carbocycles. The van der Waals surface area contributed by atoms with Crippen LogP contribution in [0.1, 0.15) is 1.37 Å². The normalized spacial score (nSPS) is 10.7. The molecule has 0 unspecified atom stereocenters.